The molecule has 5 rings (SSSR count). The largest absolute Gasteiger partial charge is 0.497 e. The van der Waals surface area contributed by atoms with E-state index in [-0.39, 0.29) is 5.91 Å². The molecule has 178 valence electrons. The molecule has 1 aromatic carbocycles. The third-order valence-electron chi connectivity index (χ3n) is 6.50. The molecule has 3 aromatic rings. The zero-order valence-electron chi connectivity index (χ0n) is 19.1. The molecule has 1 fully saturated rings. The number of carbonyl (C=O) groups excluding carboxylic acids is 1. The standard InChI is InChI=1S/C25H28ClN5O2S/c1-33-18-6-8-22-20(10-18)19(21(26)13-29-22)7-4-15-2-3-16(11-27-15)28-12-17-5-9-23-25(30-17)31-24(32)14-34-23/h5-6,8-10,13,15-16,27-28H,2-4,7,11-12,14H2,1H3,(H,30,31,32). The minimum Gasteiger partial charge on any atom is -0.497 e. The summed E-state index contributed by atoms with van der Waals surface area (Å²) in [4.78, 5) is 21.7. The van der Waals surface area contributed by atoms with Gasteiger partial charge in [0.1, 0.15) is 11.6 Å². The molecule has 7 nitrogen and oxygen atoms in total. The molecule has 2 atom stereocenters. The number of nitrogens with one attached hydrogen (secondary N) is 3. The lowest BCUT2D eigenvalue weighted by Gasteiger charge is -2.31. The Morgan fingerprint density at radius 3 is 3.00 bits per heavy atom. The number of amides is 1. The van der Waals surface area contributed by atoms with Crippen LogP contribution in [0.4, 0.5) is 5.82 Å². The first-order chi connectivity index (χ1) is 16.6. The van der Waals surface area contributed by atoms with Gasteiger partial charge >= 0.3 is 0 Å². The number of fused-ring (bicyclic) bond motifs is 2. The average Bonchev–Trinajstić information content (AvgIpc) is 2.87. The van der Waals surface area contributed by atoms with Crippen LogP contribution in [-0.2, 0) is 17.8 Å². The first-order valence-corrected chi connectivity index (χ1v) is 13.0. The van der Waals surface area contributed by atoms with E-state index in [0.29, 0.717) is 35.2 Å². The van der Waals surface area contributed by atoms with E-state index in [0.717, 1.165) is 65.0 Å². The SMILES string of the molecule is COc1ccc2ncc(Cl)c(CCC3CCC(NCc4ccc5c(n4)NC(=O)CS5)CN3)c2c1. The zero-order chi connectivity index (χ0) is 23.5. The number of anilines is 1. The van der Waals surface area contributed by atoms with Gasteiger partial charge in [0.2, 0.25) is 5.91 Å². The van der Waals surface area contributed by atoms with Crippen LogP contribution < -0.4 is 20.7 Å². The summed E-state index contributed by atoms with van der Waals surface area (Å²) in [5, 5.41) is 11.9. The maximum Gasteiger partial charge on any atom is 0.235 e. The molecule has 2 aliphatic rings. The van der Waals surface area contributed by atoms with E-state index in [4.69, 9.17) is 16.3 Å². The van der Waals surface area contributed by atoms with Crippen LogP contribution in [-0.4, -0.2) is 47.4 Å². The van der Waals surface area contributed by atoms with Crippen molar-refractivity contribution in [2.75, 3.05) is 24.7 Å². The van der Waals surface area contributed by atoms with E-state index in [1.54, 1.807) is 13.3 Å². The number of hydrogen-bond acceptors (Lipinski definition) is 7. The summed E-state index contributed by atoms with van der Waals surface area (Å²) in [5.41, 5.74) is 3.02. The maximum atomic E-state index is 11.6. The van der Waals surface area contributed by atoms with E-state index in [1.807, 2.05) is 30.3 Å². The maximum absolute atomic E-state index is 11.6. The highest BCUT2D eigenvalue weighted by atomic mass is 35.5. The third kappa shape index (κ3) is 5.30. The number of methoxy groups -OCH3 is 1. The van der Waals surface area contributed by atoms with Crippen LogP contribution in [0.5, 0.6) is 5.75 Å². The second kappa shape index (κ2) is 10.5. The number of rotatable bonds is 7. The summed E-state index contributed by atoms with van der Waals surface area (Å²) in [6.45, 7) is 1.60. The van der Waals surface area contributed by atoms with Gasteiger partial charge in [-0.25, -0.2) is 4.98 Å². The van der Waals surface area contributed by atoms with E-state index < -0.39 is 0 Å². The van der Waals surface area contributed by atoms with Crippen LogP contribution >= 0.6 is 23.4 Å². The van der Waals surface area contributed by atoms with Gasteiger partial charge in [-0.1, -0.05) is 11.6 Å². The predicted molar refractivity (Wildman–Crippen MR) is 137 cm³/mol. The van der Waals surface area contributed by atoms with Gasteiger partial charge in [0.15, 0.2) is 0 Å². The number of carbonyl (C=O) groups is 1. The van der Waals surface area contributed by atoms with Crippen molar-refractivity contribution in [1.29, 1.82) is 0 Å². The van der Waals surface area contributed by atoms with Gasteiger partial charge in [0.05, 0.1) is 34.0 Å². The Kier molecular flexibility index (Phi) is 7.20. The molecular weight excluding hydrogens is 470 g/mol. The van der Waals surface area contributed by atoms with Crippen molar-refractivity contribution in [2.45, 2.75) is 49.2 Å². The number of thioether (sulfide) groups is 1. The van der Waals surface area contributed by atoms with E-state index in [9.17, 15) is 4.79 Å². The van der Waals surface area contributed by atoms with Crippen LogP contribution in [0.15, 0.2) is 41.4 Å². The molecule has 2 aromatic heterocycles. The zero-order valence-corrected chi connectivity index (χ0v) is 20.6. The predicted octanol–water partition coefficient (Wildman–Crippen LogP) is 4.18. The number of hydrogen-bond donors (Lipinski definition) is 3. The highest BCUT2D eigenvalue weighted by Crippen LogP contribution is 2.31. The first kappa shape index (κ1) is 23.4. The van der Waals surface area contributed by atoms with Gasteiger partial charge < -0.3 is 20.7 Å². The van der Waals surface area contributed by atoms with Crippen molar-refractivity contribution in [3.8, 4) is 5.75 Å². The summed E-state index contributed by atoms with van der Waals surface area (Å²) in [6.07, 6.45) is 5.87. The second-order valence-electron chi connectivity index (χ2n) is 8.75. The molecule has 0 radical (unpaired) electrons. The van der Waals surface area contributed by atoms with Gasteiger partial charge in [0, 0.05) is 36.8 Å². The van der Waals surface area contributed by atoms with Crippen molar-refractivity contribution in [1.82, 2.24) is 20.6 Å². The molecule has 2 aliphatic heterocycles. The first-order valence-electron chi connectivity index (χ1n) is 11.6. The van der Waals surface area contributed by atoms with Gasteiger partial charge in [-0.3, -0.25) is 9.78 Å². The van der Waals surface area contributed by atoms with Crippen molar-refractivity contribution in [3.05, 3.63) is 52.8 Å². The minimum atomic E-state index is 0.0119. The Balaban J connectivity index is 1.13. The van der Waals surface area contributed by atoms with Crippen molar-refractivity contribution >= 4 is 46.0 Å². The summed E-state index contributed by atoms with van der Waals surface area (Å²) < 4.78 is 5.40. The highest BCUT2D eigenvalue weighted by Gasteiger charge is 2.22. The molecule has 0 bridgehead atoms. The lowest BCUT2D eigenvalue weighted by atomic mass is 9.94. The molecule has 2 unspecified atom stereocenters. The molecule has 4 heterocycles. The average molecular weight is 498 g/mol. The Labute approximate surface area is 208 Å². The topological polar surface area (TPSA) is 88.2 Å². The second-order valence-corrected chi connectivity index (χ2v) is 10.2. The van der Waals surface area contributed by atoms with E-state index in [2.05, 4.69) is 25.9 Å². The Morgan fingerprint density at radius 1 is 1.26 bits per heavy atom. The number of pyridine rings is 2. The van der Waals surface area contributed by atoms with Crippen molar-refractivity contribution < 1.29 is 9.53 Å². The number of ether oxygens (including phenoxy) is 1. The molecule has 0 aliphatic carbocycles. The summed E-state index contributed by atoms with van der Waals surface area (Å²) in [6, 6.07) is 10.9. The van der Waals surface area contributed by atoms with Crippen molar-refractivity contribution in [2.24, 2.45) is 0 Å². The molecule has 1 saturated heterocycles. The Morgan fingerprint density at radius 2 is 2.18 bits per heavy atom. The smallest absolute Gasteiger partial charge is 0.235 e. The number of benzene rings is 1. The Bertz CT molecular complexity index is 1200. The van der Waals surface area contributed by atoms with Crippen LogP contribution in [0.1, 0.15) is 30.5 Å². The molecular formula is C25H28ClN5O2S. The quantitative estimate of drug-likeness (QED) is 0.451. The fourth-order valence-electron chi connectivity index (χ4n) is 4.59. The number of piperidine rings is 1. The third-order valence-corrected chi connectivity index (χ3v) is 7.87. The lowest BCUT2D eigenvalue weighted by Crippen LogP contribution is -2.47. The number of halogens is 1. The minimum absolute atomic E-state index is 0.0119. The van der Waals surface area contributed by atoms with Crippen LogP contribution in [0.2, 0.25) is 5.02 Å². The van der Waals surface area contributed by atoms with Crippen LogP contribution in [0.3, 0.4) is 0 Å². The monoisotopic (exact) mass is 497 g/mol. The van der Waals surface area contributed by atoms with Gasteiger partial charge in [-0.15, -0.1) is 11.8 Å². The molecule has 1 amide bonds. The molecule has 0 saturated carbocycles. The fourth-order valence-corrected chi connectivity index (χ4v) is 5.59. The fraction of sp³-hybridized carbons (Fsp3) is 0.400. The summed E-state index contributed by atoms with van der Waals surface area (Å²) in [5.74, 6) is 1.97. The van der Waals surface area contributed by atoms with E-state index in [1.165, 1.54) is 11.8 Å². The van der Waals surface area contributed by atoms with Gasteiger partial charge in [-0.2, -0.15) is 0 Å². The van der Waals surface area contributed by atoms with Gasteiger partial charge in [-0.05, 0) is 61.6 Å². The summed E-state index contributed by atoms with van der Waals surface area (Å²) >= 11 is 8.06. The number of aryl methyl sites for hydroxylation is 1. The number of nitrogens with zero attached hydrogens (tertiary/aromatic N) is 2. The molecule has 3 N–H and O–H groups in total. The van der Waals surface area contributed by atoms with Crippen LogP contribution in [0.25, 0.3) is 10.9 Å². The molecule has 34 heavy (non-hydrogen) atoms. The lowest BCUT2D eigenvalue weighted by molar-refractivity contribution is -0.113. The molecule has 9 heteroatoms. The Hall–Kier alpha value is -2.39. The highest BCUT2D eigenvalue weighted by molar-refractivity contribution is 8.00. The van der Waals surface area contributed by atoms with Gasteiger partial charge in [0.25, 0.3) is 0 Å². The van der Waals surface area contributed by atoms with Crippen molar-refractivity contribution in [3.63, 3.8) is 0 Å². The van der Waals surface area contributed by atoms with Crippen LogP contribution in [0, 0.1) is 0 Å². The normalized spacial score (nSPS) is 20.1. The molecule has 0 spiro atoms. The van der Waals surface area contributed by atoms with E-state index >= 15 is 0 Å². The number of aromatic nitrogens is 2. The summed E-state index contributed by atoms with van der Waals surface area (Å²) in [7, 11) is 1.67.